The number of aromatic nitrogens is 4. The molecular weight excluding hydrogens is 381 g/mol. The first-order chi connectivity index (χ1) is 14.0. The summed E-state index contributed by atoms with van der Waals surface area (Å²) in [5, 5.41) is 7.10. The Hall–Kier alpha value is -3.68. The maximum Gasteiger partial charge on any atom is 0.417 e. The van der Waals surface area contributed by atoms with Gasteiger partial charge in [-0.25, -0.2) is 4.98 Å². The van der Waals surface area contributed by atoms with Gasteiger partial charge in [-0.1, -0.05) is 48.5 Å². The van der Waals surface area contributed by atoms with E-state index in [9.17, 15) is 13.2 Å². The van der Waals surface area contributed by atoms with Gasteiger partial charge in [-0.2, -0.15) is 23.3 Å². The van der Waals surface area contributed by atoms with E-state index in [1.165, 1.54) is 30.5 Å². The summed E-state index contributed by atoms with van der Waals surface area (Å²) in [5.41, 5.74) is 1.76. The minimum Gasteiger partial charge on any atom is -0.457 e. The summed E-state index contributed by atoms with van der Waals surface area (Å²) >= 11 is 0. The molecule has 0 spiro atoms. The van der Waals surface area contributed by atoms with Gasteiger partial charge in [0, 0.05) is 17.3 Å². The monoisotopic (exact) mass is 396 g/mol. The van der Waals surface area contributed by atoms with Crippen LogP contribution in [0.25, 0.3) is 22.5 Å². The second-order valence-corrected chi connectivity index (χ2v) is 6.20. The van der Waals surface area contributed by atoms with Gasteiger partial charge in [-0.3, -0.25) is 5.10 Å². The first-order valence-electron chi connectivity index (χ1n) is 8.73. The minimum absolute atomic E-state index is 0.0182. The third-order valence-corrected chi connectivity index (χ3v) is 4.20. The zero-order valence-electron chi connectivity index (χ0n) is 15.0. The van der Waals surface area contributed by atoms with Crippen molar-refractivity contribution in [2.75, 3.05) is 0 Å². The van der Waals surface area contributed by atoms with Crippen LogP contribution in [0.15, 0.2) is 72.9 Å². The van der Waals surface area contributed by atoms with Gasteiger partial charge in [-0.15, -0.1) is 0 Å². The maximum atomic E-state index is 13.3. The summed E-state index contributed by atoms with van der Waals surface area (Å²) in [4.78, 5) is 8.12. The van der Waals surface area contributed by atoms with Crippen molar-refractivity contribution >= 4 is 0 Å². The van der Waals surface area contributed by atoms with Crippen molar-refractivity contribution in [2.24, 2.45) is 0 Å². The van der Waals surface area contributed by atoms with Crippen molar-refractivity contribution in [3.8, 4) is 28.5 Å². The van der Waals surface area contributed by atoms with Gasteiger partial charge in [0.2, 0.25) is 0 Å². The van der Waals surface area contributed by atoms with Crippen molar-refractivity contribution in [1.82, 2.24) is 20.2 Å². The Balaban J connectivity index is 1.52. The molecule has 0 amide bonds. The highest BCUT2D eigenvalue weighted by Crippen LogP contribution is 2.36. The predicted molar refractivity (Wildman–Crippen MR) is 101 cm³/mol. The summed E-state index contributed by atoms with van der Waals surface area (Å²) in [6.07, 6.45) is -3.11. The van der Waals surface area contributed by atoms with Crippen LogP contribution in [0, 0.1) is 0 Å². The Morgan fingerprint density at radius 3 is 2.45 bits per heavy atom. The lowest BCUT2D eigenvalue weighted by atomic mass is 10.0. The van der Waals surface area contributed by atoms with E-state index in [1.54, 1.807) is 0 Å². The zero-order chi connectivity index (χ0) is 20.3. The Labute approximate surface area is 164 Å². The normalized spacial score (nSPS) is 11.4. The molecule has 0 fully saturated rings. The molecule has 0 atom stereocenters. The summed E-state index contributed by atoms with van der Waals surface area (Å²) in [7, 11) is 0. The molecule has 146 valence electrons. The molecule has 0 saturated carbocycles. The van der Waals surface area contributed by atoms with Crippen molar-refractivity contribution in [2.45, 2.75) is 12.8 Å². The predicted octanol–water partition coefficient (Wildman–Crippen LogP) is 5.13. The molecule has 2 heterocycles. The fourth-order valence-corrected chi connectivity index (χ4v) is 2.85. The van der Waals surface area contributed by atoms with Crippen LogP contribution in [-0.4, -0.2) is 20.2 Å². The fourth-order valence-electron chi connectivity index (χ4n) is 2.85. The first kappa shape index (κ1) is 18.7. The number of benzene rings is 2. The number of aromatic amines is 1. The Morgan fingerprint density at radius 2 is 1.66 bits per heavy atom. The molecule has 0 bridgehead atoms. The molecule has 8 heteroatoms. The Morgan fingerprint density at radius 1 is 0.897 bits per heavy atom. The largest absolute Gasteiger partial charge is 0.457 e. The van der Waals surface area contributed by atoms with Crippen molar-refractivity contribution < 1.29 is 17.9 Å². The number of ether oxygens (including phenoxy) is 1. The molecular formula is C21H15F3N4O. The smallest absolute Gasteiger partial charge is 0.417 e. The lowest BCUT2D eigenvalue weighted by Gasteiger charge is -2.12. The minimum atomic E-state index is -4.48. The van der Waals surface area contributed by atoms with E-state index in [1.807, 2.05) is 36.4 Å². The van der Waals surface area contributed by atoms with E-state index in [0.29, 0.717) is 5.69 Å². The molecule has 0 unspecified atom stereocenters. The average molecular weight is 396 g/mol. The Bertz CT molecular complexity index is 1110. The van der Waals surface area contributed by atoms with Crippen LogP contribution in [0.3, 0.4) is 0 Å². The van der Waals surface area contributed by atoms with Gasteiger partial charge >= 0.3 is 12.2 Å². The van der Waals surface area contributed by atoms with Gasteiger partial charge in [0.1, 0.15) is 6.61 Å². The van der Waals surface area contributed by atoms with Gasteiger partial charge in [0.05, 0.1) is 22.6 Å². The number of nitrogens with one attached hydrogen (secondary N) is 1. The molecule has 29 heavy (non-hydrogen) atoms. The number of hydrogen-bond acceptors (Lipinski definition) is 4. The SMILES string of the molecule is FC(F)(F)c1ccccc1-c1ccnc(OCc2cc(-c3ccccc3)n[nH]2)n1. The van der Waals surface area contributed by atoms with E-state index >= 15 is 0 Å². The summed E-state index contributed by atoms with van der Waals surface area (Å²) in [5.74, 6) is 0. The molecule has 4 rings (SSSR count). The van der Waals surface area contributed by atoms with Crippen molar-refractivity contribution in [3.05, 3.63) is 84.2 Å². The quantitative estimate of drug-likeness (QED) is 0.508. The van der Waals surface area contributed by atoms with Crippen LogP contribution < -0.4 is 4.74 Å². The highest BCUT2D eigenvalue weighted by atomic mass is 19.4. The lowest BCUT2D eigenvalue weighted by Crippen LogP contribution is -2.08. The average Bonchev–Trinajstić information content (AvgIpc) is 3.22. The molecule has 0 aliphatic heterocycles. The van der Waals surface area contributed by atoms with E-state index in [-0.39, 0.29) is 23.9 Å². The molecule has 0 aliphatic carbocycles. The van der Waals surface area contributed by atoms with Crippen molar-refractivity contribution in [3.63, 3.8) is 0 Å². The highest BCUT2D eigenvalue weighted by Gasteiger charge is 2.33. The van der Waals surface area contributed by atoms with Gasteiger partial charge in [0.25, 0.3) is 0 Å². The van der Waals surface area contributed by atoms with E-state index < -0.39 is 11.7 Å². The van der Waals surface area contributed by atoms with Gasteiger partial charge in [-0.05, 0) is 18.2 Å². The third-order valence-electron chi connectivity index (χ3n) is 4.20. The van der Waals surface area contributed by atoms with E-state index in [0.717, 1.165) is 17.3 Å². The van der Waals surface area contributed by atoms with E-state index in [2.05, 4.69) is 20.2 Å². The van der Waals surface area contributed by atoms with E-state index in [4.69, 9.17) is 4.74 Å². The lowest BCUT2D eigenvalue weighted by molar-refractivity contribution is -0.137. The topological polar surface area (TPSA) is 63.7 Å². The molecule has 2 aromatic carbocycles. The maximum absolute atomic E-state index is 13.3. The second kappa shape index (κ2) is 7.75. The number of alkyl halides is 3. The molecule has 0 saturated heterocycles. The number of halogens is 3. The number of hydrogen-bond donors (Lipinski definition) is 1. The van der Waals surface area contributed by atoms with Gasteiger partial charge in [0.15, 0.2) is 0 Å². The molecule has 0 aliphatic rings. The molecule has 0 radical (unpaired) electrons. The summed E-state index contributed by atoms with van der Waals surface area (Å²) < 4.78 is 45.3. The van der Waals surface area contributed by atoms with Crippen LogP contribution in [0.4, 0.5) is 13.2 Å². The highest BCUT2D eigenvalue weighted by molar-refractivity contribution is 5.64. The van der Waals surface area contributed by atoms with Crippen molar-refractivity contribution in [1.29, 1.82) is 0 Å². The fraction of sp³-hybridized carbons (Fsp3) is 0.0952. The Kier molecular flexibility index (Phi) is 4.99. The number of rotatable bonds is 5. The van der Waals surface area contributed by atoms with Crippen LogP contribution in [-0.2, 0) is 12.8 Å². The van der Waals surface area contributed by atoms with Crippen LogP contribution in [0.2, 0.25) is 0 Å². The first-order valence-corrected chi connectivity index (χ1v) is 8.73. The summed E-state index contributed by atoms with van der Waals surface area (Å²) in [6.45, 7) is 0.101. The van der Waals surface area contributed by atoms with Crippen LogP contribution >= 0.6 is 0 Å². The zero-order valence-corrected chi connectivity index (χ0v) is 15.0. The summed E-state index contributed by atoms with van der Waals surface area (Å²) in [6, 6.07) is 18.1. The molecule has 1 N–H and O–H groups in total. The number of H-pyrrole nitrogens is 1. The standard InChI is InChI=1S/C21H15F3N4O/c22-21(23,24)17-9-5-4-8-16(17)18-10-11-25-20(26-18)29-13-15-12-19(28-27-15)14-6-2-1-3-7-14/h1-12H,13H2,(H,27,28). The van der Waals surface area contributed by atoms with Gasteiger partial charge < -0.3 is 4.74 Å². The molecule has 2 aromatic heterocycles. The second-order valence-electron chi connectivity index (χ2n) is 6.20. The third kappa shape index (κ3) is 4.26. The molecule has 5 nitrogen and oxygen atoms in total. The number of nitrogens with zero attached hydrogens (tertiary/aromatic N) is 3. The van der Waals surface area contributed by atoms with Crippen LogP contribution in [0.5, 0.6) is 6.01 Å². The van der Waals surface area contributed by atoms with Crippen LogP contribution in [0.1, 0.15) is 11.3 Å². The molecule has 4 aromatic rings.